The average molecular weight is 516 g/mol. The Morgan fingerprint density at radius 3 is 2.71 bits per heavy atom. The van der Waals surface area contributed by atoms with Gasteiger partial charge in [-0.05, 0) is 38.0 Å². The van der Waals surface area contributed by atoms with E-state index in [9.17, 15) is 19.6 Å². The van der Waals surface area contributed by atoms with Crippen LogP contribution in [0.1, 0.15) is 41.9 Å². The fraction of sp³-hybridized carbons (Fsp3) is 0.296. The fourth-order valence-electron chi connectivity index (χ4n) is 4.79. The first kappa shape index (κ1) is 25.1. The summed E-state index contributed by atoms with van der Waals surface area (Å²) in [6, 6.07) is 8.71. The highest BCUT2D eigenvalue weighted by Gasteiger charge is 2.29. The number of carbonyl (C=O) groups is 1. The van der Waals surface area contributed by atoms with Crippen molar-refractivity contribution in [1.29, 1.82) is 5.26 Å². The van der Waals surface area contributed by atoms with Gasteiger partial charge in [-0.3, -0.25) is 14.5 Å². The van der Waals surface area contributed by atoms with E-state index in [4.69, 9.17) is 4.74 Å². The molecule has 1 amide bonds. The van der Waals surface area contributed by atoms with Crippen molar-refractivity contribution in [3.05, 3.63) is 84.2 Å². The van der Waals surface area contributed by atoms with Crippen molar-refractivity contribution in [2.45, 2.75) is 31.9 Å². The molecule has 0 bridgehead atoms. The van der Waals surface area contributed by atoms with Gasteiger partial charge in [0.2, 0.25) is 0 Å². The first-order valence-electron chi connectivity index (χ1n) is 12.2. The Kier molecular flexibility index (Phi) is 6.89. The molecule has 1 aliphatic rings. The summed E-state index contributed by atoms with van der Waals surface area (Å²) < 4.78 is 22.5. The van der Waals surface area contributed by atoms with E-state index in [1.54, 1.807) is 15.6 Å². The zero-order valence-electron chi connectivity index (χ0n) is 20.8. The smallest absolute Gasteiger partial charge is 0.288 e. The minimum absolute atomic E-state index is 0.0975. The molecule has 4 aromatic rings. The van der Waals surface area contributed by atoms with Gasteiger partial charge in [0.25, 0.3) is 5.91 Å². The summed E-state index contributed by atoms with van der Waals surface area (Å²) in [6.45, 7) is 6.33. The number of hydrogen-bond acceptors (Lipinski definition) is 7. The summed E-state index contributed by atoms with van der Waals surface area (Å²) in [5.74, 6) is -0.957. The fourth-order valence-corrected chi connectivity index (χ4v) is 4.79. The van der Waals surface area contributed by atoms with Crippen LogP contribution in [0.5, 0.6) is 0 Å². The Morgan fingerprint density at radius 2 is 2.03 bits per heavy atom. The first-order valence-corrected chi connectivity index (χ1v) is 12.2. The van der Waals surface area contributed by atoms with Crippen molar-refractivity contribution in [1.82, 2.24) is 29.3 Å². The topological polar surface area (TPSA) is 122 Å². The molecule has 0 aliphatic carbocycles. The molecular formula is C27H26FN7O3. The summed E-state index contributed by atoms with van der Waals surface area (Å²) >= 11 is 0. The van der Waals surface area contributed by atoms with Gasteiger partial charge in [0.05, 0.1) is 48.0 Å². The number of hydrogen-bond donors (Lipinski definition) is 1. The maximum absolute atomic E-state index is 13.2. The third-order valence-corrected chi connectivity index (χ3v) is 6.86. The predicted molar refractivity (Wildman–Crippen MR) is 135 cm³/mol. The van der Waals surface area contributed by atoms with Gasteiger partial charge in [0, 0.05) is 36.1 Å². The maximum Gasteiger partial charge on any atom is 0.288 e. The Bertz CT molecular complexity index is 1530. The predicted octanol–water partition coefficient (Wildman–Crippen LogP) is 3.34. The lowest BCUT2D eigenvalue weighted by molar-refractivity contribution is -0.133. The van der Waals surface area contributed by atoms with Crippen LogP contribution in [-0.4, -0.2) is 60.0 Å². The number of aliphatic hydroxyl groups is 1. The van der Waals surface area contributed by atoms with Gasteiger partial charge in [0.15, 0.2) is 11.9 Å². The van der Waals surface area contributed by atoms with Crippen molar-refractivity contribution in [3.63, 3.8) is 0 Å². The normalized spacial score (nSPS) is 14.8. The van der Waals surface area contributed by atoms with E-state index < -0.39 is 18.5 Å². The zero-order valence-corrected chi connectivity index (χ0v) is 20.8. The van der Waals surface area contributed by atoms with Gasteiger partial charge in [0.1, 0.15) is 11.9 Å². The van der Waals surface area contributed by atoms with Crippen molar-refractivity contribution < 1.29 is 19.0 Å². The van der Waals surface area contributed by atoms with Crippen LogP contribution >= 0.6 is 0 Å². The molecule has 10 nitrogen and oxygen atoms in total. The summed E-state index contributed by atoms with van der Waals surface area (Å²) in [7, 11) is 0. The van der Waals surface area contributed by atoms with Crippen LogP contribution in [0.2, 0.25) is 0 Å². The maximum atomic E-state index is 13.2. The van der Waals surface area contributed by atoms with Gasteiger partial charge in [-0.1, -0.05) is 12.6 Å². The second kappa shape index (κ2) is 10.4. The first-order chi connectivity index (χ1) is 18.4. The molecule has 1 saturated heterocycles. The van der Waals surface area contributed by atoms with Crippen LogP contribution in [0.15, 0.2) is 61.4 Å². The highest BCUT2D eigenvalue weighted by atomic mass is 19.1. The van der Waals surface area contributed by atoms with Gasteiger partial charge in [-0.15, -0.1) is 0 Å². The molecule has 1 aliphatic heterocycles. The largest absolute Gasteiger partial charge is 0.477 e. The summed E-state index contributed by atoms with van der Waals surface area (Å²) in [6.07, 6.45) is 6.78. The number of ether oxygens (including phenoxy) is 1. The van der Waals surface area contributed by atoms with E-state index >= 15 is 0 Å². The van der Waals surface area contributed by atoms with Crippen molar-refractivity contribution in [3.8, 4) is 17.2 Å². The molecule has 4 aromatic heterocycles. The highest BCUT2D eigenvalue weighted by Crippen LogP contribution is 2.30. The number of halogens is 1. The monoisotopic (exact) mass is 515 g/mol. The van der Waals surface area contributed by atoms with E-state index in [-0.39, 0.29) is 17.7 Å². The number of amides is 1. The third kappa shape index (κ3) is 4.73. The molecule has 0 spiro atoms. The van der Waals surface area contributed by atoms with Gasteiger partial charge >= 0.3 is 0 Å². The SMILES string of the molecule is C=C(O[C@@H](CO)c1ccc(F)cn1)C(=O)N1CCC(n2ncc(-c3ccc4c(C#N)cnn4c3)c2C)CC1. The molecule has 38 heavy (non-hydrogen) atoms. The van der Waals surface area contributed by atoms with Crippen LogP contribution in [0.4, 0.5) is 4.39 Å². The van der Waals surface area contributed by atoms with E-state index in [0.717, 1.165) is 28.5 Å². The number of piperidine rings is 1. The van der Waals surface area contributed by atoms with Gasteiger partial charge in [-0.25, -0.2) is 8.91 Å². The molecule has 194 valence electrons. The number of carbonyl (C=O) groups excluding carboxylic acids is 1. The Labute approximate surface area is 218 Å². The minimum Gasteiger partial charge on any atom is -0.477 e. The molecule has 1 fully saturated rings. The van der Waals surface area contributed by atoms with Gasteiger partial charge < -0.3 is 14.7 Å². The van der Waals surface area contributed by atoms with E-state index in [0.29, 0.717) is 37.2 Å². The number of aromatic nitrogens is 5. The second-order valence-corrected chi connectivity index (χ2v) is 9.14. The number of aliphatic hydroxyl groups excluding tert-OH is 1. The number of likely N-dealkylation sites (tertiary alicyclic amines) is 1. The molecule has 0 radical (unpaired) electrons. The number of rotatable bonds is 7. The van der Waals surface area contributed by atoms with Crippen LogP contribution in [0.25, 0.3) is 16.6 Å². The Hall–Kier alpha value is -4.56. The highest BCUT2D eigenvalue weighted by molar-refractivity contribution is 5.91. The van der Waals surface area contributed by atoms with Crippen molar-refractivity contribution in [2.75, 3.05) is 19.7 Å². The lowest BCUT2D eigenvalue weighted by Crippen LogP contribution is -2.40. The summed E-state index contributed by atoms with van der Waals surface area (Å²) in [5, 5.41) is 27.8. The molecule has 1 N–H and O–H groups in total. The third-order valence-electron chi connectivity index (χ3n) is 6.86. The molecule has 5 rings (SSSR count). The summed E-state index contributed by atoms with van der Waals surface area (Å²) in [4.78, 5) is 18.5. The number of pyridine rings is 2. The quantitative estimate of drug-likeness (QED) is 0.296. The minimum atomic E-state index is -0.915. The van der Waals surface area contributed by atoms with E-state index in [2.05, 4.69) is 27.8 Å². The van der Waals surface area contributed by atoms with E-state index in [1.165, 1.54) is 12.1 Å². The van der Waals surface area contributed by atoms with Crippen molar-refractivity contribution in [2.24, 2.45) is 0 Å². The molecule has 0 aromatic carbocycles. The van der Waals surface area contributed by atoms with Crippen LogP contribution in [0.3, 0.4) is 0 Å². The molecular weight excluding hydrogens is 489 g/mol. The molecule has 11 heteroatoms. The van der Waals surface area contributed by atoms with Gasteiger partial charge in [-0.2, -0.15) is 15.5 Å². The van der Waals surface area contributed by atoms with Crippen molar-refractivity contribution >= 4 is 11.4 Å². The lowest BCUT2D eigenvalue weighted by Gasteiger charge is -2.33. The number of nitriles is 1. The Morgan fingerprint density at radius 1 is 1.24 bits per heavy atom. The molecule has 0 saturated carbocycles. The van der Waals surface area contributed by atoms with Crippen LogP contribution in [0, 0.1) is 24.1 Å². The zero-order chi connectivity index (χ0) is 26.8. The molecule has 0 unspecified atom stereocenters. The number of fused-ring (bicyclic) bond motifs is 1. The lowest BCUT2D eigenvalue weighted by atomic mass is 10.0. The average Bonchev–Trinajstić information content (AvgIpc) is 3.54. The molecule has 1 atom stereocenters. The van der Waals surface area contributed by atoms with Crippen LogP contribution in [-0.2, 0) is 9.53 Å². The standard InChI is InChI=1S/C27H26FN7O3/c1-17-23(19-3-6-25-20(11-29)12-31-34(25)15-19)14-32-35(17)22-7-9-33(10-8-22)27(37)18(2)38-26(16-36)24-5-4-21(28)13-30-24/h3-6,12-15,22,26,36H,2,7-10,16H2,1H3/t26-/m0/s1. The summed E-state index contributed by atoms with van der Waals surface area (Å²) in [5.41, 5.74) is 4.52. The number of nitrogens with zero attached hydrogens (tertiary/aromatic N) is 7. The van der Waals surface area contributed by atoms with E-state index in [1.807, 2.05) is 36.1 Å². The Balaban J connectivity index is 1.22. The molecule has 5 heterocycles. The van der Waals surface area contributed by atoms with Crippen LogP contribution < -0.4 is 0 Å². The second-order valence-electron chi connectivity index (χ2n) is 9.14.